The Hall–Kier alpha value is -2.09. The maximum absolute atomic E-state index is 13.7. The number of aryl methyl sites for hydroxylation is 2. The lowest BCUT2D eigenvalue weighted by atomic mass is 10.0. The summed E-state index contributed by atoms with van der Waals surface area (Å²) in [6, 6.07) is 4.20. The highest BCUT2D eigenvalue weighted by molar-refractivity contribution is 7.80. The van der Waals surface area contributed by atoms with Crippen LogP contribution >= 0.6 is 12.6 Å². The van der Waals surface area contributed by atoms with Gasteiger partial charge in [-0.05, 0) is 52.8 Å². The predicted octanol–water partition coefficient (Wildman–Crippen LogP) is 4.60. The van der Waals surface area contributed by atoms with Crippen molar-refractivity contribution in [2.45, 2.75) is 51.2 Å². The molecule has 0 aliphatic rings. The first-order valence-electron chi connectivity index (χ1n) is 7.88. The predicted molar refractivity (Wildman–Crippen MR) is 96.4 cm³/mol. The van der Waals surface area contributed by atoms with Gasteiger partial charge in [0.1, 0.15) is 0 Å². The molecule has 1 aromatic carbocycles. The molecule has 0 radical (unpaired) electrons. The number of alkyl halides is 3. The Morgan fingerprint density at radius 2 is 1.62 bits per heavy atom. The lowest BCUT2D eigenvalue weighted by Gasteiger charge is -2.22. The highest BCUT2D eigenvalue weighted by Gasteiger charge is 2.38. The Bertz CT molecular complexity index is 838. The fourth-order valence-electron chi connectivity index (χ4n) is 2.50. The highest BCUT2D eigenvalue weighted by Crippen LogP contribution is 2.41. The third-order valence-electron chi connectivity index (χ3n) is 3.42. The van der Waals surface area contributed by atoms with Crippen LogP contribution in [0.5, 0.6) is 0 Å². The van der Waals surface area contributed by atoms with Crippen molar-refractivity contribution in [1.82, 2.24) is 15.3 Å². The van der Waals surface area contributed by atoms with E-state index in [-0.39, 0.29) is 17.0 Å². The number of hydrogen-bond acceptors (Lipinski definition) is 4. The van der Waals surface area contributed by atoms with Crippen LogP contribution in [-0.2, 0) is 6.18 Å². The number of hydrogen-bond donors (Lipinski definition) is 2. The van der Waals surface area contributed by atoms with E-state index in [0.29, 0.717) is 11.4 Å². The van der Waals surface area contributed by atoms with Crippen LogP contribution in [0.4, 0.5) is 13.2 Å². The van der Waals surface area contributed by atoms with E-state index in [1.807, 2.05) is 0 Å². The number of rotatable bonds is 2. The van der Waals surface area contributed by atoms with Crippen molar-refractivity contribution in [2.24, 2.45) is 0 Å². The molecule has 1 aromatic heterocycles. The number of halogens is 3. The molecule has 2 rings (SSSR count). The van der Waals surface area contributed by atoms with Gasteiger partial charge in [-0.1, -0.05) is 0 Å². The molecule has 0 saturated carbocycles. The lowest BCUT2D eigenvalue weighted by Crippen LogP contribution is -2.40. The molecule has 0 saturated heterocycles. The standard InChI is InChI=1S/C18H20F3N3OS/c1-9-8-10(2)23-15(22-9)11-6-7-12(16(25)24-17(3,4)5)14(26)13(11)18(19,20)21/h6-8,26H,1-5H3,(H,24,25). The van der Waals surface area contributed by atoms with Crippen LogP contribution < -0.4 is 5.32 Å². The molecule has 4 nitrogen and oxygen atoms in total. The summed E-state index contributed by atoms with van der Waals surface area (Å²) in [5.74, 6) is -0.672. The maximum Gasteiger partial charge on any atom is 0.418 e. The highest BCUT2D eigenvalue weighted by atomic mass is 32.1. The van der Waals surface area contributed by atoms with Gasteiger partial charge in [0.2, 0.25) is 0 Å². The van der Waals surface area contributed by atoms with Gasteiger partial charge in [-0.2, -0.15) is 13.2 Å². The minimum atomic E-state index is -4.72. The van der Waals surface area contributed by atoms with E-state index in [9.17, 15) is 18.0 Å². The molecule has 0 atom stereocenters. The average Bonchev–Trinajstić information content (AvgIpc) is 2.42. The van der Waals surface area contributed by atoms with Crippen LogP contribution in [0.1, 0.15) is 48.1 Å². The van der Waals surface area contributed by atoms with Crippen molar-refractivity contribution in [3.63, 3.8) is 0 Å². The Balaban J connectivity index is 2.69. The van der Waals surface area contributed by atoms with Crippen LogP contribution in [0.3, 0.4) is 0 Å². The van der Waals surface area contributed by atoms with Crippen molar-refractivity contribution in [1.29, 1.82) is 0 Å². The van der Waals surface area contributed by atoms with Gasteiger partial charge >= 0.3 is 6.18 Å². The lowest BCUT2D eigenvalue weighted by molar-refractivity contribution is -0.139. The Kier molecular flexibility index (Phi) is 5.37. The van der Waals surface area contributed by atoms with Gasteiger partial charge in [0.25, 0.3) is 5.91 Å². The van der Waals surface area contributed by atoms with Gasteiger partial charge in [0, 0.05) is 27.4 Å². The molecular formula is C18H20F3N3OS. The first-order chi connectivity index (χ1) is 11.8. The summed E-state index contributed by atoms with van der Waals surface area (Å²) in [5, 5.41) is 2.65. The Morgan fingerprint density at radius 1 is 1.08 bits per heavy atom. The molecule has 0 aliphatic carbocycles. The molecule has 1 heterocycles. The summed E-state index contributed by atoms with van der Waals surface area (Å²) < 4.78 is 41.2. The second kappa shape index (κ2) is 6.90. The quantitative estimate of drug-likeness (QED) is 0.746. The van der Waals surface area contributed by atoms with Crippen molar-refractivity contribution < 1.29 is 18.0 Å². The van der Waals surface area contributed by atoms with Crippen LogP contribution in [0.25, 0.3) is 11.4 Å². The second-order valence-corrected chi connectivity index (χ2v) is 7.51. The summed E-state index contributed by atoms with van der Waals surface area (Å²) in [6.07, 6.45) is -4.72. The second-order valence-electron chi connectivity index (χ2n) is 7.06. The molecule has 1 amide bonds. The number of benzene rings is 1. The zero-order valence-corrected chi connectivity index (χ0v) is 16.0. The Labute approximate surface area is 155 Å². The largest absolute Gasteiger partial charge is 0.418 e. The third-order valence-corrected chi connectivity index (χ3v) is 3.88. The molecule has 0 bridgehead atoms. The minimum Gasteiger partial charge on any atom is -0.347 e. The van der Waals surface area contributed by atoms with Crippen molar-refractivity contribution in [3.05, 3.63) is 40.7 Å². The van der Waals surface area contributed by atoms with E-state index in [2.05, 4.69) is 27.9 Å². The summed E-state index contributed by atoms with van der Waals surface area (Å²) in [4.78, 5) is 20.1. The van der Waals surface area contributed by atoms with E-state index in [1.165, 1.54) is 12.1 Å². The summed E-state index contributed by atoms with van der Waals surface area (Å²) in [5.41, 5.74) is -0.866. The topological polar surface area (TPSA) is 54.9 Å². The Morgan fingerprint density at radius 3 is 2.08 bits per heavy atom. The number of carbonyl (C=O) groups excluding carboxylic acids is 1. The van der Waals surface area contributed by atoms with Gasteiger partial charge < -0.3 is 5.32 Å². The maximum atomic E-state index is 13.7. The number of carbonyl (C=O) groups is 1. The number of thiol groups is 1. The van der Waals surface area contributed by atoms with E-state index >= 15 is 0 Å². The van der Waals surface area contributed by atoms with Crippen LogP contribution in [0, 0.1) is 13.8 Å². The van der Waals surface area contributed by atoms with Gasteiger partial charge in [-0.3, -0.25) is 4.79 Å². The number of amides is 1. The molecule has 0 aliphatic heterocycles. The summed E-state index contributed by atoms with van der Waals surface area (Å²) in [7, 11) is 0. The zero-order valence-electron chi connectivity index (χ0n) is 15.1. The van der Waals surface area contributed by atoms with Gasteiger partial charge in [0.15, 0.2) is 5.82 Å². The molecule has 140 valence electrons. The van der Waals surface area contributed by atoms with Crippen molar-refractivity contribution in [2.75, 3.05) is 0 Å². The fourth-order valence-corrected chi connectivity index (χ4v) is 2.93. The molecule has 0 spiro atoms. The molecule has 26 heavy (non-hydrogen) atoms. The smallest absolute Gasteiger partial charge is 0.347 e. The molecular weight excluding hydrogens is 363 g/mol. The summed E-state index contributed by atoms with van der Waals surface area (Å²) >= 11 is 4.03. The molecule has 8 heteroatoms. The van der Waals surface area contributed by atoms with Gasteiger partial charge in [-0.25, -0.2) is 9.97 Å². The molecule has 0 unspecified atom stereocenters. The summed E-state index contributed by atoms with van der Waals surface area (Å²) in [6.45, 7) is 8.58. The first-order valence-corrected chi connectivity index (χ1v) is 8.32. The number of nitrogens with one attached hydrogen (secondary N) is 1. The average molecular weight is 383 g/mol. The number of nitrogens with zero attached hydrogens (tertiary/aromatic N) is 2. The molecule has 2 aromatic rings. The monoisotopic (exact) mass is 383 g/mol. The fraction of sp³-hybridized carbons (Fsp3) is 0.389. The van der Waals surface area contributed by atoms with Crippen LogP contribution in [0.15, 0.2) is 23.1 Å². The first kappa shape index (κ1) is 20.2. The van der Waals surface area contributed by atoms with Gasteiger partial charge in [0.05, 0.1) is 11.1 Å². The molecule has 0 fully saturated rings. The number of aromatic nitrogens is 2. The molecule has 1 N–H and O–H groups in total. The zero-order chi connectivity index (χ0) is 19.9. The van der Waals surface area contributed by atoms with Crippen LogP contribution in [-0.4, -0.2) is 21.4 Å². The van der Waals surface area contributed by atoms with E-state index in [1.54, 1.807) is 40.7 Å². The SMILES string of the molecule is Cc1cc(C)nc(-c2ccc(C(=O)NC(C)(C)C)c(S)c2C(F)(F)F)n1. The van der Waals surface area contributed by atoms with E-state index < -0.39 is 28.1 Å². The van der Waals surface area contributed by atoms with Crippen molar-refractivity contribution in [3.8, 4) is 11.4 Å². The normalized spacial score (nSPS) is 12.2. The van der Waals surface area contributed by atoms with Crippen LogP contribution in [0.2, 0.25) is 0 Å². The van der Waals surface area contributed by atoms with Gasteiger partial charge in [-0.15, -0.1) is 12.6 Å². The van der Waals surface area contributed by atoms with E-state index in [0.717, 1.165) is 0 Å². The third kappa shape index (κ3) is 4.55. The van der Waals surface area contributed by atoms with E-state index in [4.69, 9.17) is 0 Å². The minimum absolute atomic E-state index is 0.0482. The van der Waals surface area contributed by atoms with Crippen molar-refractivity contribution >= 4 is 18.5 Å².